The number of esters is 2. The summed E-state index contributed by atoms with van der Waals surface area (Å²) < 4.78 is 34.1. The summed E-state index contributed by atoms with van der Waals surface area (Å²) in [7, 11) is 0. The van der Waals surface area contributed by atoms with E-state index in [2.05, 4.69) is 6.58 Å². The predicted octanol–water partition coefficient (Wildman–Crippen LogP) is 4.45. The van der Waals surface area contributed by atoms with Gasteiger partial charge in [0.1, 0.15) is 37.9 Å². The zero-order chi connectivity index (χ0) is 28.5. The summed E-state index contributed by atoms with van der Waals surface area (Å²) in [6.07, 6.45) is 4.09. The number of carbonyl (C=O) groups is 2. The van der Waals surface area contributed by atoms with Gasteiger partial charge in [-0.05, 0) is 67.1 Å². The van der Waals surface area contributed by atoms with Gasteiger partial charge in [0, 0.05) is 0 Å². The molecule has 0 fully saturated rings. The smallest absolute Gasteiger partial charge is 0.335 e. The first-order chi connectivity index (χ1) is 18.9. The van der Waals surface area contributed by atoms with Gasteiger partial charge in [0.15, 0.2) is 0 Å². The molecule has 0 heterocycles. The fraction of sp³-hybridized carbons (Fsp3) is 0.467. The van der Waals surface area contributed by atoms with Crippen molar-refractivity contribution in [2.24, 2.45) is 5.92 Å². The molecule has 8 nitrogen and oxygen atoms in total. The molecule has 0 amide bonds. The quantitative estimate of drug-likeness (QED) is 0.151. The van der Waals surface area contributed by atoms with E-state index in [1.54, 1.807) is 13.0 Å². The Balaban J connectivity index is 2.08. The van der Waals surface area contributed by atoms with Gasteiger partial charge in [0.2, 0.25) is 0 Å². The number of benzene rings is 2. The van der Waals surface area contributed by atoms with E-state index in [9.17, 15) is 14.0 Å². The zero-order valence-electron chi connectivity index (χ0n) is 22.5. The van der Waals surface area contributed by atoms with Crippen LogP contribution in [0.1, 0.15) is 38.2 Å². The number of aliphatic hydroxyl groups excluding tert-OH is 2. The van der Waals surface area contributed by atoms with E-state index < -0.39 is 24.5 Å². The van der Waals surface area contributed by atoms with E-state index in [1.165, 1.54) is 0 Å². The number of ether oxygens (including phenoxy) is 4. The van der Waals surface area contributed by atoms with Crippen LogP contribution in [-0.2, 0) is 25.5 Å². The first-order valence-corrected chi connectivity index (χ1v) is 13.2. The molecule has 0 bridgehead atoms. The molecule has 0 aromatic heterocycles. The Kier molecular flexibility index (Phi) is 14.6. The number of halogens is 1. The highest BCUT2D eigenvalue weighted by Crippen LogP contribution is 2.31. The number of rotatable bonds is 19. The van der Waals surface area contributed by atoms with Gasteiger partial charge < -0.3 is 29.2 Å². The lowest BCUT2D eigenvalue weighted by molar-refractivity contribution is -0.150. The van der Waals surface area contributed by atoms with Crippen LogP contribution in [-0.4, -0.2) is 68.5 Å². The molecule has 0 aliphatic rings. The van der Waals surface area contributed by atoms with Gasteiger partial charge in [-0.15, -0.1) is 0 Å². The molecule has 1 unspecified atom stereocenters. The van der Waals surface area contributed by atoms with Crippen molar-refractivity contribution in [2.75, 3.05) is 46.3 Å². The topological polar surface area (TPSA) is 112 Å². The molecule has 2 aromatic carbocycles. The predicted molar refractivity (Wildman–Crippen MR) is 145 cm³/mol. The maximum Gasteiger partial charge on any atom is 0.335 e. The average Bonchev–Trinajstić information content (AvgIpc) is 2.96. The molecule has 0 aliphatic carbocycles. The minimum Gasteiger partial charge on any atom is -0.490 e. The molecule has 214 valence electrons. The second-order valence-corrected chi connectivity index (χ2v) is 9.05. The van der Waals surface area contributed by atoms with E-state index in [-0.39, 0.29) is 45.3 Å². The molecule has 9 heteroatoms. The van der Waals surface area contributed by atoms with Crippen molar-refractivity contribution in [1.82, 2.24) is 0 Å². The molecule has 39 heavy (non-hydrogen) atoms. The van der Waals surface area contributed by atoms with Crippen molar-refractivity contribution < 1.29 is 43.1 Å². The van der Waals surface area contributed by atoms with Crippen molar-refractivity contribution in [2.45, 2.75) is 39.0 Å². The van der Waals surface area contributed by atoms with Crippen LogP contribution in [0.4, 0.5) is 4.39 Å². The maximum absolute atomic E-state index is 12.4. The maximum atomic E-state index is 12.4. The van der Waals surface area contributed by atoms with E-state index in [0.717, 1.165) is 42.4 Å². The highest BCUT2D eigenvalue weighted by Gasteiger charge is 2.13. The van der Waals surface area contributed by atoms with Gasteiger partial charge in [-0.3, -0.25) is 9.18 Å². The average molecular weight is 547 g/mol. The number of hydrogen-bond acceptors (Lipinski definition) is 8. The normalized spacial score (nSPS) is 11.5. The van der Waals surface area contributed by atoms with Gasteiger partial charge in [0.05, 0.1) is 31.4 Å². The van der Waals surface area contributed by atoms with Crippen LogP contribution >= 0.6 is 0 Å². The Morgan fingerprint density at radius 3 is 2.28 bits per heavy atom. The number of carbonyl (C=O) groups excluding carboxylic acids is 2. The van der Waals surface area contributed by atoms with Crippen molar-refractivity contribution in [1.29, 1.82) is 0 Å². The van der Waals surface area contributed by atoms with Gasteiger partial charge >= 0.3 is 11.9 Å². The molecule has 2 aromatic rings. The fourth-order valence-electron chi connectivity index (χ4n) is 3.63. The molecule has 2 rings (SSSR count). The molecule has 1 atom stereocenters. The third-order valence-corrected chi connectivity index (χ3v) is 5.89. The van der Waals surface area contributed by atoms with Crippen LogP contribution in [0, 0.1) is 5.92 Å². The molecule has 0 aliphatic heterocycles. The van der Waals surface area contributed by atoms with Crippen LogP contribution in [0.15, 0.2) is 54.6 Å². The summed E-state index contributed by atoms with van der Waals surface area (Å²) in [6, 6.07) is 13.3. The fourth-order valence-corrected chi connectivity index (χ4v) is 3.63. The number of aliphatic hydroxyl groups is 2. The Labute approximate surface area is 229 Å². The molecular weight excluding hydrogens is 507 g/mol. The number of aryl methyl sites for hydroxylation is 1. The Morgan fingerprint density at radius 2 is 1.59 bits per heavy atom. The summed E-state index contributed by atoms with van der Waals surface area (Å²) in [5, 5.41) is 18.0. The summed E-state index contributed by atoms with van der Waals surface area (Å²) in [5.74, 6) is -0.521. The van der Waals surface area contributed by atoms with Crippen LogP contribution in [0.25, 0.3) is 11.1 Å². The molecule has 0 saturated heterocycles. The number of hydrogen-bond donors (Lipinski definition) is 2. The lowest BCUT2D eigenvalue weighted by Crippen LogP contribution is -2.20. The molecular formula is C30H39FO8. The van der Waals surface area contributed by atoms with Crippen molar-refractivity contribution in [3.05, 3.63) is 60.2 Å². The third kappa shape index (κ3) is 11.5. The molecule has 0 saturated carbocycles. The van der Waals surface area contributed by atoms with E-state index in [1.807, 2.05) is 36.4 Å². The van der Waals surface area contributed by atoms with Gasteiger partial charge in [-0.25, -0.2) is 4.79 Å². The second kappa shape index (κ2) is 18.0. The number of unbranched alkanes of at least 4 members (excludes halogenated alkanes) is 3. The first-order valence-electron chi connectivity index (χ1n) is 13.2. The standard InChI is InChI=1S/C30H39FO8/c1-22(20-32)29(34)38-16-14-36-26-10-7-9-25(18-26)28-19-27(37-15-17-39-30(35)23(2)21-33)12-11-24(28)8-5-3-4-6-13-31/h7,9-12,18-19,23,32-33H,1,3-6,8,13-17,20-21H2,2H3. The Morgan fingerprint density at radius 1 is 0.897 bits per heavy atom. The lowest BCUT2D eigenvalue weighted by Gasteiger charge is -2.15. The Hall–Kier alpha value is -3.43. The first kappa shape index (κ1) is 31.8. The summed E-state index contributed by atoms with van der Waals surface area (Å²) in [5.41, 5.74) is 2.96. The van der Waals surface area contributed by atoms with E-state index >= 15 is 0 Å². The summed E-state index contributed by atoms with van der Waals surface area (Å²) >= 11 is 0. The second-order valence-electron chi connectivity index (χ2n) is 9.05. The minimum absolute atomic E-state index is 0.0111. The summed E-state index contributed by atoms with van der Waals surface area (Å²) in [4.78, 5) is 23.3. The lowest BCUT2D eigenvalue weighted by atomic mass is 9.95. The Bertz CT molecular complexity index is 1060. The monoisotopic (exact) mass is 546 g/mol. The highest BCUT2D eigenvalue weighted by atomic mass is 19.1. The van der Waals surface area contributed by atoms with Crippen LogP contribution in [0.5, 0.6) is 11.5 Å². The van der Waals surface area contributed by atoms with Crippen LogP contribution in [0.3, 0.4) is 0 Å². The van der Waals surface area contributed by atoms with Gasteiger partial charge in [-0.2, -0.15) is 0 Å². The molecule has 0 spiro atoms. The SMILES string of the molecule is C=C(CO)C(=O)OCCOc1cccc(-c2cc(OCCOC(=O)C(C)CO)ccc2CCCCCCF)c1. The van der Waals surface area contributed by atoms with Crippen molar-refractivity contribution in [3.8, 4) is 22.6 Å². The van der Waals surface area contributed by atoms with E-state index in [4.69, 9.17) is 29.2 Å². The number of alkyl halides is 1. The highest BCUT2D eigenvalue weighted by molar-refractivity contribution is 5.87. The van der Waals surface area contributed by atoms with Gasteiger partial charge in [0.25, 0.3) is 0 Å². The van der Waals surface area contributed by atoms with Crippen molar-refractivity contribution in [3.63, 3.8) is 0 Å². The largest absolute Gasteiger partial charge is 0.490 e. The molecule has 2 N–H and O–H groups in total. The van der Waals surface area contributed by atoms with E-state index in [0.29, 0.717) is 17.9 Å². The third-order valence-electron chi connectivity index (χ3n) is 5.89. The van der Waals surface area contributed by atoms with Crippen LogP contribution in [0.2, 0.25) is 0 Å². The van der Waals surface area contributed by atoms with Gasteiger partial charge in [-0.1, -0.05) is 37.6 Å². The van der Waals surface area contributed by atoms with Crippen molar-refractivity contribution >= 4 is 11.9 Å². The van der Waals surface area contributed by atoms with Crippen LogP contribution < -0.4 is 9.47 Å². The molecule has 0 radical (unpaired) electrons. The summed E-state index contributed by atoms with van der Waals surface area (Å²) in [6.45, 7) is 4.35. The minimum atomic E-state index is -0.666. The zero-order valence-corrected chi connectivity index (χ0v) is 22.5.